The second-order valence-electron chi connectivity index (χ2n) is 2.48. The highest BCUT2D eigenvalue weighted by Crippen LogP contribution is 2.42. The molecule has 0 saturated carbocycles. The summed E-state index contributed by atoms with van der Waals surface area (Å²) in [6.07, 6.45) is -1.39. The number of carbonyl (C=O) groups is 2. The molecule has 0 aliphatic heterocycles. The third-order valence-electron chi connectivity index (χ3n) is 1.22. The molecule has 7 nitrogen and oxygen atoms in total. The first kappa shape index (κ1) is 13.1. The third-order valence-corrected chi connectivity index (χ3v) is 2.59. The first-order chi connectivity index (χ1) is 6.33. The lowest BCUT2D eigenvalue weighted by molar-refractivity contribution is -0.138. The maximum Gasteiger partial charge on any atom is 0.328 e. The van der Waals surface area contributed by atoms with Crippen molar-refractivity contribution in [2.75, 3.05) is 12.8 Å². The van der Waals surface area contributed by atoms with E-state index < -0.39 is 45.1 Å². The van der Waals surface area contributed by atoms with Crippen LogP contribution in [0.5, 0.6) is 0 Å². The van der Waals surface area contributed by atoms with E-state index in [0.29, 0.717) is 0 Å². The number of hydrogen-bond donors (Lipinski definition) is 3. The van der Waals surface area contributed by atoms with E-state index in [0.717, 1.165) is 0 Å². The molecule has 0 aliphatic carbocycles. The van der Waals surface area contributed by atoms with Crippen molar-refractivity contribution in [1.82, 2.24) is 0 Å². The molecular weight excluding hydrogens is 215 g/mol. The van der Waals surface area contributed by atoms with E-state index in [1.165, 1.54) is 0 Å². The van der Waals surface area contributed by atoms with Crippen molar-refractivity contribution in [2.24, 2.45) is 0 Å². The number of rotatable bonds is 7. The van der Waals surface area contributed by atoms with Gasteiger partial charge in [-0.05, 0) is 0 Å². The molecular formula is C6H11O7P. The van der Waals surface area contributed by atoms with Gasteiger partial charge >= 0.3 is 19.5 Å². The Hall–Kier alpha value is -0.910. The van der Waals surface area contributed by atoms with Crippen LogP contribution >= 0.6 is 7.60 Å². The molecule has 0 aromatic heterocycles. The largest absolute Gasteiger partial charge is 0.481 e. The minimum Gasteiger partial charge on any atom is -0.481 e. The van der Waals surface area contributed by atoms with Gasteiger partial charge in [-0.25, -0.2) is 0 Å². The van der Waals surface area contributed by atoms with Crippen molar-refractivity contribution in [3.05, 3.63) is 0 Å². The zero-order valence-corrected chi connectivity index (χ0v) is 8.14. The highest BCUT2D eigenvalue weighted by atomic mass is 31.2. The average molecular weight is 226 g/mol. The van der Waals surface area contributed by atoms with Crippen molar-refractivity contribution in [3.8, 4) is 0 Å². The molecule has 0 amide bonds. The molecule has 3 N–H and O–H groups in total. The maximum absolute atomic E-state index is 11.0. The maximum atomic E-state index is 11.0. The van der Waals surface area contributed by atoms with E-state index in [-0.39, 0.29) is 0 Å². The van der Waals surface area contributed by atoms with Crippen LogP contribution in [0, 0.1) is 0 Å². The molecule has 0 fully saturated rings. The lowest BCUT2D eigenvalue weighted by Crippen LogP contribution is -2.05. The topological polar surface area (TPSA) is 121 Å². The van der Waals surface area contributed by atoms with Crippen LogP contribution in [0.1, 0.15) is 12.8 Å². The molecule has 0 radical (unpaired) electrons. The second-order valence-corrected chi connectivity index (χ2v) is 4.46. The van der Waals surface area contributed by atoms with Gasteiger partial charge in [-0.1, -0.05) is 0 Å². The van der Waals surface area contributed by atoms with Gasteiger partial charge in [-0.2, -0.15) is 0 Å². The summed E-state index contributed by atoms with van der Waals surface area (Å²) in [6.45, 7) is -0.400. The van der Waals surface area contributed by atoms with Gasteiger partial charge in [0.05, 0.1) is 25.6 Å². The van der Waals surface area contributed by atoms with Crippen molar-refractivity contribution < 1.29 is 33.8 Å². The Morgan fingerprint density at radius 3 is 2.07 bits per heavy atom. The van der Waals surface area contributed by atoms with Gasteiger partial charge < -0.3 is 19.6 Å². The number of hydrogen-bond acceptors (Lipinski definition) is 4. The molecule has 0 heterocycles. The quantitative estimate of drug-likeness (QED) is 0.527. The second kappa shape index (κ2) is 5.74. The van der Waals surface area contributed by atoms with E-state index in [1.54, 1.807) is 0 Å². The van der Waals surface area contributed by atoms with Gasteiger partial charge in [0.25, 0.3) is 0 Å². The van der Waals surface area contributed by atoms with Gasteiger partial charge in [-0.3, -0.25) is 14.2 Å². The molecule has 14 heavy (non-hydrogen) atoms. The van der Waals surface area contributed by atoms with Crippen LogP contribution in [0.4, 0.5) is 0 Å². The molecule has 0 aromatic rings. The molecule has 0 saturated heterocycles. The predicted octanol–water partition coefficient (Wildman–Crippen LogP) is 0.138. The minimum atomic E-state index is -3.95. The Morgan fingerprint density at radius 2 is 1.64 bits per heavy atom. The third kappa shape index (κ3) is 7.72. The van der Waals surface area contributed by atoms with Gasteiger partial charge in [0.2, 0.25) is 0 Å². The van der Waals surface area contributed by atoms with E-state index in [9.17, 15) is 14.2 Å². The monoisotopic (exact) mass is 226 g/mol. The SMILES string of the molecule is O=C(O)CCOP(=O)(O)CCC(=O)O. The fraction of sp³-hybridized carbons (Fsp3) is 0.667. The van der Waals surface area contributed by atoms with Crippen molar-refractivity contribution in [2.45, 2.75) is 12.8 Å². The van der Waals surface area contributed by atoms with Gasteiger partial charge in [0.15, 0.2) is 0 Å². The Morgan fingerprint density at radius 1 is 1.14 bits per heavy atom. The summed E-state index contributed by atoms with van der Waals surface area (Å²) in [4.78, 5) is 29.0. The summed E-state index contributed by atoms with van der Waals surface area (Å²) in [5.74, 6) is -2.36. The molecule has 1 unspecified atom stereocenters. The summed E-state index contributed by atoms with van der Waals surface area (Å²) < 4.78 is 15.3. The zero-order valence-electron chi connectivity index (χ0n) is 7.25. The van der Waals surface area contributed by atoms with E-state index in [1.807, 2.05) is 0 Å². The van der Waals surface area contributed by atoms with E-state index in [4.69, 9.17) is 15.1 Å². The lowest BCUT2D eigenvalue weighted by atomic mass is 10.5. The van der Waals surface area contributed by atoms with Crippen LogP contribution in [-0.2, 0) is 18.7 Å². The molecule has 0 spiro atoms. The Bertz CT molecular complexity index is 261. The van der Waals surface area contributed by atoms with E-state index >= 15 is 0 Å². The number of aliphatic carboxylic acids is 2. The zero-order chi connectivity index (χ0) is 11.2. The summed E-state index contributed by atoms with van der Waals surface area (Å²) >= 11 is 0. The van der Waals surface area contributed by atoms with Crippen molar-refractivity contribution in [3.63, 3.8) is 0 Å². The first-order valence-electron chi connectivity index (χ1n) is 3.73. The average Bonchev–Trinajstić information content (AvgIpc) is 2.00. The Balaban J connectivity index is 3.77. The Labute approximate surface area is 79.8 Å². The number of carboxylic acid groups (broad SMARTS) is 2. The van der Waals surface area contributed by atoms with Crippen molar-refractivity contribution >= 4 is 19.5 Å². The smallest absolute Gasteiger partial charge is 0.328 e. The van der Waals surface area contributed by atoms with Gasteiger partial charge in [-0.15, -0.1) is 0 Å². The first-order valence-corrected chi connectivity index (χ1v) is 5.50. The molecule has 0 rings (SSSR count). The van der Waals surface area contributed by atoms with Crippen LogP contribution in [0.15, 0.2) is 0 Å². The fourth-order valence-corrected chi connectivity index (χ4v) is 1.56. The minimum absolute atomic E-state index is 0.391. The molecule has 1 atom stereocenters. The lowest BCUT2D eigenvalue weighted by Gasteiger charge is -2.09. The van der Waals surface area contributed by atoms with Gasteiger partial charge in [0.1, 0.15) is 0 Å². The van der Waals surface area contributed by atoms with E-state index in [2.05, 4.69) is 4.52 Å². The summed E-state index contributed by atoms with van der Waals surface area (Å²) in [6, 6.07) is 0. The summed E-state index contributed by atoms with van der Waals surface area (Å²) in [5.41, 5.74) is 0. The van der Waals surface area contributed by atoms with Crippen LogP contribution in [-0.4, -0.2) is 39.8 Å². The van der Waals surface area contributed by atoms with Crippen LogP contribution in [0.25, 0.3) is 0 Å². The van der Waals surface area contributed by atoms with Crippen LogP contribution in [0.3, 0.4) is 0 Å². The fourth-order valence-electron chi connectivity index (χ4n) is 0.577. The molecule has 0 aliphatic rings. The Kier molecular flexibility index (Phi) is 5.37. The van der Waals surface area contributed by atoms with Gasteiger partial charge in [0, 0.05) is 0 Å². The normalized spacial score (nSPS) is 14.6. The summed E-state index contributed by atoms with van der Waals surface area (Å²) in [5, 5.41) is 16.4. The van der Waals surface area contributed by atoms with Crippen molar-refractivity contribution in [1.29, 1.82) is 0 Å². The molecule has 82 valence electrons. The van der Waals surface area contributed by atoms with Crippen LogP contribution < -0.4 is 0 Å². The highest BCUT2D eigenvalue weighted by Gasteiger charge is 2.20. The standard InChI is InChI=1S/C6H11O7P/c7-5(8)1-3-13-14(11,12)4-2-6(9)10/h1-4H2,(H,7,8)(H,9,10)(H,11,12). The molecule has 0 bridgehead atoms. The number of carboxylic acids is 2. The highest BCUT2D eigenvalue weighted by molar-refractivity contribution is 7.52. The van der Waals surface area contributed by atoms with Crippen LogP contribution in [0.2, 0.25) is 0 Å². The molecule has 0 aromatic carbocycles. The molecule has 8 heteroatoms. The summed E-state index contributed by atoms with van der Waals surface area (Å²) in [7, 11) is -3.95. The predicted molar refractivity (Wildman–Crippen MR) is 45.1 cm³/mol.